The van der Waals surface area contributed by atoms with Crippen LogP contribution in [0.25, 0.3) is 0 Å². The molecule has 1 N–H and O–H groups in total. The van der Waals surface area contributed by atoms with Gasteiger partial charge in [0, 0.05) is 26.2 Å². The van der Waals surface area contributed by atoms with Gasteiger partial charge in [0.15, 0.2) is 6.61 Å². The molecule has 9 heteroatoms. The van der Waals surface area contributed by atoms with Crippen LogP contribution < -0.4 is 10.1 Å². The number of amides is 1. The van der Waals surface area contributed by atoms with Crippen LogP contribution in [0, 0.1) is 0 Å². The van der Waals surface area contributed by atoms with E-state index < -0.39 is 10.0 Å². The number of rotatable bonds is 10. The van der Waals surface area contributed by atoms with E-state index in [0.717, 1.165) is 6.42 Å². The lowest BCUT2D eigenvalue weighted by Crippen LogP contribution is -2.40. The van der Waals surface area contributed by atoms with Crippen LogP contribution in [0.3, 0.4) is 0 Å². The van der Waals surface area contributed by atoms with Gasteiger partial charge < -0.3 is 19.5 Å². The number of benzene rings is 1. The summed E-state index contributed by atoms with van der Waals surface area (Å²) in [6.45, 7) is 6.42. The van der Waals surface area contributed by atoms with E-state index in [2.05, 4.69) is 5.32 Å². The van der Waals surface area contributed by atoms with Crippen LogP contribution >= 0.6 is 0 Å². The van der Waals surface area contributed by atoms with Crippen molar-refractivity contribution in [3.63, 3.8) is 0 Å². The van der Waals surface area contributed by atoms with Gasteiger partial charge in [-0.3, -0.25) is 4.79 Å². The van der Waals surface area contributed by atoms with Crippen LogP contribution in [0.2, 0.25) is 0 Å². The molecule has 1 fully saturated rings. The minimum atomic E-state index is -3.53. The van der Waals surface area contributed by atoms with Gasteiger partial charge in [0.05, 0.1) is 24.2 Å². The Morgan fingerprint density at radius 2 is 1.89 bits per heavy atom. The molecular formula is C18H28N2O6S. The maximum Gasteiger partial charge on any atom is 0.257 e. The SMILES string of the molecule is CC(C)OCCCNC(=O)COc1ccc(S(=O)(=O)N2CCOCC2)cc1. The second-order valence-corrected chi connectivity index (χ2v) is 8.34. The lowest BCUT2D eigenvalue weighted by molar-refractivity contribution is -0.123. The standard InChI is InChI=1S/C18H28N2O6S/c1-15(2)25-11-3-8-19-18(21)14-26-16-4-6-17(7-5-16)27(22,23)20-9-12-24-13-10-20/h4-7,15H,3,8-14H2,1-2H3,(H,19,21). The van der Waals surface area contributed by atoms with Crippen LogP contribution in [-0.2, 0) is 24.3 Å². The number of ether oxygens (including phenoxy) is 3. The van der Waals surface area contributed by atoms with Crippen molar-refractivity contribution in [3.05, 3.63) is 24.3 Å². The lowest BCUT2D eigenvalue weighted by Gasteiger charge is -2.26. The molecule has 1 saturated heterocycles. The first kappa shape index (κ1) is 21.6. The summed E-state index contributed by atoms with van der Waals surface area (Å²) in [6, 6.07) is 6.08. The van der Waals surface area contributed by atoms with Gasteiger partial charge in [0.2, 0.25) is 10.0 Å². The van der Waals surface area contributed by atoms with Crippen molar-refractivity contribution < 1.29 is 27.4 Å². The van der Waals surface area contributed by atoms with Crippen molar-refractivity contribution in [2.75, 3.05) is 46.1 Å². The summed E-state index contributed by atoms with van der Waals surface area (Å²) in [5.41, 5.74) is 0. The molecule has 0 atom stereocenters. The molecule has 1 aromatic rings. The quantitative estimate of drug-likeness (QED) is 0.589. The molecule has 0 unspecified atom stereocenters. The normalized spacial score (nSPS) is 15.7. The van der Waals surface area contributed by atoms with E-state index in [1.165, 1.54) is 16.4 Å². The van der Waals surface area contributed by atoms with Gasteiger partial charge in [-0.25, -0.2) is 8.42 Å². The van der Waals surface area contributed by atoms with E-state index in [1.54, 1.807) is 12.1 Å². The first-order chi connectivity index (χ1) is 12.9. The van der Waals surface area contributed by atoms with Crippen molar-refractivity contribution in [1.29, 1.82) is 0 Å². The zero-order valence-corrected chi connectivity index (χ0v) is 16.7. The maximum atomic E-state index is 12.5. The summed E-state index contributed by atoms with van der Waals surface area (Å²) in [5, 5.41) is 2.75. The first-order valence-corrected chi connectivity index (χ1v) is 10.5. The molecule has 1 heterocycles. The number of carbonyl (C=O) groups is 1. The highest BCUT2D eigenvalue weighted by atomic mass is 32.2. The third kappa shape index (κ3) is 7.10. The monoisotopic (exact) mass is 400 g/mol. The highest BCUT2D eigenvalue weighted by Crippen LogP contribution is 2.20. The number of nitrogens with zero attached hydrogens (tertiary/aromatic N) is 1. The summed E-state index contributed by atoms with van der Waals surface area (Å²) in [5.74, 6) is 0.207. The average Bonchev–Trinajstić information content (AvgIpc) is 2.67. The molecule has 1 amide bonds. The molecule has 2 rings (SSSR count). The number of carbonyl (C=O) groups excluding carboxylic acids is 1. The Morgan fingerprint density at radius 3 is 2.52 bits per heavy atom. The van der Waals surface area contributed by atoms with Gasteiger partial charge in [-0.2, -0.15) is 4.31 Å². The number of sulfonamides is 1. The lowest BCUT2D eigenvalue weighted by atomic mass is 10.3. The van der Waals surface area contributed by atoms with Crippen molar-refractivity contribution >= 4 is 15.9 Å². The summed E-state index contributed by atoms with van der Waals surface area (Å²) >= 11 is 0. The number of nitrogens with one attached hydrogen (secondary N) is 1. The highest BCUT2D eigenvalue weighted by molar-refractivity contribution is 7.89. The Morgan fingerprint density at radius 1 is 1.22 bits per heavy atom. The third-order valence-electron chi connectivity index (χ3n) is 3.90. The molecule has 1 aromatic carbocycles. The van der Waals surface area contributed by atoms with Gasteiger partial charge >= 0.3 is 0 Å². The van der Waals surface area contributed by atoms with Crippen LogP contribution in [0.15, 0.2) is 29.2 Å². The van der Waals surface area contributed by atoms with Gasteiger partial charge in [-0.05, 0) is 44.5 Å². The van der Waals surface area contributed by atoms with Crippen molar-refractivity contribution in [2.45, 2.75) is 31.3 Å². The number of hydrogen-bond donors (Lipinski definition) is 1. The molecular weight excluding hydrogens is 372 g/mol. The Balaban J connectivity index is 1.76. The fraction of sp³-hybridized carbons (Fsp3) is 0.611. The van der Waals surface area contributed by atoms with Gasteiger partial charge in [0.25, 0.3) is 5.91 Å². The smallest absolute Gasteiger partial charge is 0.257 e. The minimum Gasteiger partial charge on any atom is -0.484 e. The van der Waals surface area contributed by atoms with E-state index in [-0.39, 0.29) is 23.5 Å². The Labute approximate surface area is 160 Å². The van der Waals surface area contributed by atoms with E-state index in [1.807, 2.05) is 13.8 Å². The maximum absolute atomic E-state index is 12.5. The molecule has 0 spiro atoms. The van der Waals surface area contributed by atoms with Gasteiger partial charge in [-0.15, -0.1) is 0 Å². The van der Waals surface area contributed by atoms with Crippen LogP contribution in [0.5, 0.6) is 5.75 Å². The molecule has 0 bridgehead atoms. The van der Waals surface area contributed by atoms with E-state index >= 15 is 0 Å². The molecule has 1 aliphatic rings. The molecule has 1 aliphatic heterocycles. The van der Waals surface area contributed by atoms with Crippen LogP contribution in [-0.4, -0.2) is 70.8 Å². The summed E-state index contributed by atoms with van der Waals surface area (Å²) < 4.78 is 42.5. The van der Waals surface area contributed by atoms with Gasteiger partial charge in [-0.1, -0.05) is 0 Å². The summed E-state index contributed by atoms with van der Waals surface area (Å²) in [4.78, 5) is 12.0. The molecule has 0 aliphatic carbocycles. The molecule has 8 nitrogen and oxygen atoms in total. The fourth-order valence-electron chi connectivity index (χ4n) is 2.46. The van der Waals surface area contributed by atoms with Crippen molar-refractivity contribution in [3.8, 4) is 5.75 Å². The fourth-order valence-corrected chi connectivity index (χ4v) is 3.87. The van der Waals surface area contributed by atoms with Gasteiger partial charge in [0.1, 0.15) is 5.75 Å². The largest absolute Gasteiger partial charge is 0.484 e. The summed E-state index contributed by atoms with van der Waals surface area (Å²) in [7, 11) is -3.53. The third-order valence-corrected chi connectivity index (χ3v) is 5.81. The second-order valence-electron chi connectivity index (χ2n) is 6.40. The Bertz CT molecular complexity index is 684. The molecule has 0 aromatic heterocycles. The van der Waals surface area contributed by atoms with Crippen LogP contribution in [0.1, 0.15) is 20.3 Å². The number of morpholine rings is 1. The Hall–Kier alpha value is -1.68. The predicted molar refractivity (Wildman–Crippen MR) is 100 cm³/mol. The van der Waals surface area contributed by atoms with E-state index in [4.69, 9.17) is 14.2 Å². The molecule has 0 radical (unpaired) electrons. The zero-order valence-electron chi connectivity index (χ0n) is 15.8. The summed E-state index contributed by atoms with van der Waals surface area (Å²) in [6.07, 6.45) is 0.914. The molecule has 0 saturated carbocycles. The minimum absolute atomic E-state index is 0.124. The number of hydrogen-bond acceptors (Lipinski definition) is 6. The van der Waals surface area contributed by atoms with E-state index in [0.29, 0.717) is 45.2 Å². The topological polar surface area (TPSA) is 94.2 Å². The van der Waals surface area contributed by atoms with Crippen molar-refractivity contribution in [2.24, 2.45) is 0 Å². The predicted octanol–water partition coefficient (Wildman–Crippen LogP) is 1.02. The Kier molecular flexibility index (Phi) is 8.49. The van der Waals surface area contributed by atoms with Crippen molar-refractivity contribution in [1.82, 2.24) is 9.62 Å². The second kappa shape index (κ2) is 10.6. The zero-order chi connectivity index (χ0) is 19.7. The molecule has 27 heavy (non-hydrogen) atoms. The molecule has 152 valence electrons. The highest BCUT2D eigenvalue weighted by Gasteiger charge is 2.26. The first-order valence-electron chi connectivity index (χ1n) is 9.08. The average molecular weight is 400 g/mol. The van der Waals surface area contributed by atoms with E-state index in [9.17, 15) is 13.2 Å². The van der Waals surface area contributed by atoms with Crippen LogP contribution in [0.4, 0.5) is 0 Å².